The van der Waals surface area contributed by atoms with Crippen molar-refractivity contribution in [1.29, 1.82) is 5.41 Å². The Morgan fingerprint density at radius 1 is 1.07 bits per heavy atom. The fourth-order valence-corrected chi connectivity index (χ4v) is 5.67. The predicted octanol–water partition coefficient (Wildman–Crippen LogP) is 3.67. The van der Waals surface area contributed by atoms with Gasteiger partial charge < -0.3 is 19.9 Å². The van der Waals surface area contributed by atoms with Crippen LogP contribution in [0.5, 0.6) is 0 Å². The first kappa shape index (κ1) is 35.3. The number of nitrogens with two attached hydrogens (primary N) is 1. The Hall–Kier alpha value is -2.70. The van der Waals surface area contributed by atoms with Crippen LogP contribution >= 0.6 is 24.8 Å². The summed E-state index contributed by atoms with van der Waals surface area (Å²) in [5, 5.41) is 7.61. The SMILES string of the molecule is CCOC(=O)CCCn1c(Cc2ccc(C(=N)N)cc2)nc2cc(S(=O)(=O)N(CC)CCN(C)C)ccc21.Cl.Cl. The molecular weight excluding hydrogens is 575 g/mol. The first-order chi connectivity index (χ1) is 18.1. The summed E-state index contributed by atoms with van der Waals surface area (Å²) in [6, 6.07) is 12.4. The normalized spacial score (nSPS) is 11.3. The van der Waals surface area contributed by atoms with E-state index in [1.54, 1.807) is 37.3 Å². The third-order valence-corrected chi connectivity index (χ3v) is 8.25. The summed E-state index contributed by atoms with van der Waals surface area (Å²) in [6.45, 7) is 5.88. The van der Waals surface area contributed by atoms with Gasteiger partial charge in [0.25, 0.3) is 0 Å². The van der Waals surface area contributed by atoms with Gasteiger partial charge in [0.2, 0.25) is 10.0 Å². The minimum atomic E-state index is -3.68. The van der Waals surface area contributed by atoms with Gasteiger partial charge >= 0.3 is 5.97 Å². The second-order valence-electron chi connectivity index (χ2n) is 9.33. The van der Waals surface area contributed by atoms with E-state index in [1.165, 1.54) is 4.31 Å². The van der Waals surface area contributed by atoms with Crippen molar-refractivity contribution in [2.24, 2.45) is 5.73 Å². The van der Waals surface area contributed by atoms with Crippen molar-refractivity contribution < 1.29 is 17.9 Å². The van der Waals surface area contributed by atoms with E-state index in [-0.39, 0.29) is 47.9 Å². The van der Waals surface area contributed by atoms with Gasteiger partial charge in [-0.25, -0.2) is 13.4 Å². The van der Waals surface area contributed by atoms with Crippen LogP contribution in [0.4, 0.5) is 0 Å². The molecule has 3 rings (SSSR count). The highest BCUT2D eigenvalue weighted by Gasteiger charge is 2.24. The number of imidazole rings is 1. The lowest BCUT2D eigenvalue weighted by Gasteiger charge is -2.22. The number of halogens is 2. The topological polar surface area (TPSA) is 135 Å². The van der Waals surface area contributed by atoms with Crippen LogP contribution in [0.1, 0.15) is 43.6 Å². The van der Waals surface area contributed by atoms with Crippen molar-refractivity contribution in [1.82, 2.24) is 18.8 Å². The van der Waals surface area contributed by atoms with E-state index in [9.17, 15) is 13.2 Å². The maximum Gasteiger partial charge on any atom is 0.305 e. The van der Waals surface area contributed by atoms with E-state index in [4.69, 9.17) is 20.9 Å². The Balaban J connectivity index is 0.00000400. The molecule has 0 fully saturated rings. The van der Waals surface area contributed by atoms with Gasteiger partial charge in [-0.3, -0.25) is 10.2 Å². The number of amidine groups is 1. The van der Waals surface area contributed by atoms with Gasteiger partial charge in [-0.2, -0.15) is 4.31 Å². The zero-order chi connectivity index (χ0) is 27.9. The lowest BCUT2D eigenvalue weighted by atomic mass is 10.1. The maximum atomic E-state index is 13.4. The number of esters is 1. The molecule has 1 aromatic heterocycles. The van der Waals surface area contributed by atoms with E-state index in [1.807, 2.05) is 42.6 Å². The van der Waals surface area contributed by atoms with Crippen LogP contribution in [-0.2, 0) is 32.5 Å². The van der Waals surface area contributed by atoms with Gasteiger partial charge in [0.1, 0.15) is 11.7 Å². The summed E-state index contributed by atoms with van der Waals surface area (Å²) in [5.41, 5.74) is 8.59. The van der Waals surface area contributed by atoms with Gasteiger partial charge in [-0.15, -0.1) is 24.8 Å². The van der Waals surface area contributed by atoms with E-state index in [0.717, 1.165) is 16.9 Å². The highest BCUT2D eigenvalue weighted by molar-refractivity contribution is 7.89. The van der Waals surface area contributed by atoms with E-state index >= 15 is 0 Å². The first-order valence-corrected chi connectivity index (χ1v) is 14.2. The molecule has 0 saturated carbocycles. The number of nitrogens with one attached hydrogen (secondary N) is 1. The molecule has 3 N–H and O–H groups in total. The Kier molecular flexibility index (Phi) is 14.1. The number of fused-ring (bicyclic) bond motifs is 1. The van der Waals surface area contributed by atoms with Crippen LogP contribution in [-0.4, -0.2) is 79.3 Å². The van der Waals surface area contributed by atoms with Crippen LogP contribution in [0.25, 0.3) is 11.0 Å². The molecular formula is C27H40Cl2N6O4S. The summed E-state index contributed by atoms with van der Waals surface area (Å²) < 4.78 is 35.4. The second kappa shape index (κ2) is 15.9. The third kappa shape index (κ3) is 8.90. The Morgan fingerprint density at radius 2 is 1.75 bits per heavy atom. The van der Waals surface area contributed by atoms with Crippen molar-refractivity contribution in [2.75, 3.05) is 40.3 Å². The van der Waals surface area contributed by atoms with Gasteiger partial charge in [0.05, 0.1) is 22.5 Å². The fraction of sp³-hybridized carbons (Fsp3) is 0.444. The Morgan fingerprint density at radius 3 is 2.33 bits per heavy atom. The first-order valence-electron chi connectivity index (χ1n) is 12.8. The van der Waals surface area contributed by atoms with Gasteiger partial charge in [-0.1, -0.05) is 31.2 Å². The monoisotopic (exact) mass is 614 g/mol. The number of carbonyl (C=O) groups excluding carboxylic acids is 1. The molecule has 0 unspecified atom stereocenters. The highest BCUT2D eigenvalue weighted by atomic mass is 35.5. The number of aromatic nitrogens is 2. The van der Waals surface area contributed by atoms with Crippen molar-refractivity contribution in [3.8, 4) is 0 Å². The number of ether oxygens (including phenoxy) is 1. The number of sulfonamides is 1. The van der Waals surface area contributed by atoms with Crippen molar-refractivity contribution in [3.63, 3.8) is 0 Å². The number of rotatable bonds is 14. The molecule has 0 aliphatic heterocycles. The lowest BCUT2D eigenvalue weighted by molar-refractivity contribution is -0.143. The van der Waals surface area contributed by atoms with E-state index < -0.39 is 10.0 Å². The number of aryl methyl sites for hydroxylation is 1. The number of hydrogen-bond acceptors (Lipinski definition) is 7. The van der Waals surface area contributed by atoms with Gasteiger partial charge in [0.15, 0.2) is 0 Å². The fourth-order valence-electron chi connectivity index (χ4n) is 4.21. The maximum absolute atomic E-state index is 13.4. The van der Waals surface area contributed by atoms with E-state index in [0.29, 0.717) is 56.7 Å². The second-order valence-corrected chi connectivity index (χ2v) is 11.3. The Bertz CT molecular complexity index is 1380. The van der Waals surface area contributed by atoms with Crippen LogP contribution in [0.15, 0.2) is 47.4 Å². The molecule has 0 aliphatic carbocycles. The predicted molar refractivity (Wildman–Crippen MR) is 163 cm³/mol. The lowest BCUT2D eigenvalue weighted by Crippen LogP contribution is -2.36. The number of likely N-dealkylation sites (N-methyl/N-ethyl adjacent to an activating group) is 2. The quantitative estimate of drug-likeness (QED) is 0.161. The smallest absolute Gasteiger partial charge is 0.305 e. The standard InChI is InChI=1S/C27H38N6O4S.2ClH/c1-5-32(17-16-31(3)4)38(35,36)22-13-14-24-23(19-22)30-25(33(24)15-7-8-26(34)37-6-2)18-20-9-11-21(12-10-20)27(28)29;;/h9-14,19H,5-8,15-18H2,1-4H3,(H3,28,29);2*1H. The van der Waals surface area contributed by atoms with Crippen molar-refractivity contribution in [3.05, 3.63) is 59.4 Å². The molecule has 0 radical (unpaired) electrons. The summed E-state index contributed by atoms with van der Waals surface area (Å²) in [6.07, 6.45) is 1.34. The molecule has 0 bridgehead atoms. The molecule has 0 atom stereocenters. The molecule has 3 aromatic rings. The van der Waals surface area contributed by atoms with Crippen molar-refractivity contribution in [2.45, 2.75) is 44.6 Å². The molecule has 0 spiro atoms. The molecule has 40 heavy (non-hydrogen) atoms. The molecule has 2 aromatic carbocycles. The van der Waals surface area contributed by atoms with Gasteiger partial charge in [0, 0.05) is 44.6 Å². The summed E-state index contributed by atoms with van der Waals surface area (Å²) in [7, 11) is 0.142. The molecule has 10 nitrogen and oxygen atoms in total. The minimum Gasteiger partial charge on any atom is -0.466 e. The third-order valence-electron chi connectivity index (χ3n) is 6.28. The van der Waals surface area contributed by atoms with Crippen LogP contribution in [0.2, 0.25) is 0 Å². The number of hydrogen-bond donors (Lipinski definition) is 2. The summed E-state index contributed by atoms with van der Waals surface area (Å²) in [5.74, 6) is 0.515. The number of nitrogen functional groups attached to an aromatic ring is 1. The average molecular weight is 616 g/mol. The molecule has 1 heterocycles. The Labute approximate surface area is 249 Å². The average Bonchev–Trinajstić information content (AvgIpc) is 3.20. The molecule has 13 heteroatoms. The number of benzene rings is 2. The van der Waals surface area contributed by atoms with E-state index in [2.05, 4.69) is 0 Å². The van der Waals surface area contributed by atoms with Crippen molar-refractivity contribution >= 4 is 57.7 Å². The van der Waals surface area contributed by atoms with Gasteiger partial charge in [-0.05, 0) is 51.2 Å². The summed E-state index contributed by atoms with van der Waals surface area (Å²) in [4.78, 5) is 18.9. The molecule has 0 saturated heterocycles. The number of carbonyl (C=O) groups is 1. The van der Waals surface area contributed by atoms with Crippen LogP contribution in [0.3, 0.4) is 0 Å². The van der Waals surface area contributed by atoms with Crippen LogP contribution in [0, 0.1) is 5.41 Å². The zero-order valence-electron chi connectivity index (χ0n) is 23.4. The largest absolute Gasteiger partial charge is 0.466 e. The number of nitrogens with zero attached hydrogens (tertiary/aromatic N) is 4. The molecule has 222 valence electrons. The minimum absolute atomic E-state index is 0. The highest BCUT2D eigenvalue weighted by Crippen LogP contribution is 2.25. The molecule has 0 amide bonds. The molecule has 0 aliphatic rings. The summed E-state index contributed by atoms with van der Waals surface area (Å²) >= 11 is 0. The van der Waals surface area contributed by atoms with Crippen LogP contribution < -0.4 is 5.73 Å². The zero-order valence-corrected chi connectivity index (χ0v) is 25.9.